The van der Waals surface area contributed by atoms with Crippen molar-refractivity contribution in [2.75, 3.05) is 11.9 Å². The Morgan fingerprint density at radius 3 is 2.55 bits per heavy atom. The molecule has 0 spiro atoms. The Kier molecular flexibility index (Phi) is 4.34. The third kappa shape index (κ3) is 3.22. The minimum Gasteiger partial charge on any atom is -0.319 e. The van der Waals surface area contributed by atoms with Crippen molar-refractivity contribution in [3.8, 4) is 0 Å². The zero-order valence-corrected chi connectivity index (χ0v) is 16.4. The lowest BCUT2D eigenvalue weighted by atomic mass is 9.90. The minimum absolute atomic E-state index is 0.377. The first kappa shape index (κ1) is 18.7. The van der Waals surface area contributed by atoms with Crippen LogP contribution < -0.4 is 10.6 Å². The van der Waals surface area contributed by atoms with Gasteiger partial charge in [0.25, 0.3) is 5.91 Å². The summed E-state index contributed by atoms with van der Waals surface area (Å²) in [6.45, 7) is 3.08. The number of fused-ring (bicyclic) bond motifs is 1. The van der Waals surface area contributed by atoms with Crippen LogP contribution in [0, 0.1) is 6.92 Å². The first-order valence-corrected chi connectivity index (χ1v) is 9.22. The number of hydrogen-bond acceptors (Lipinski definition) is 4. The van der Waals surface area contributed by atoms with E-state index in [1.807, 2.05) is 49.4 Å². The molecule has 1 saturated heterocycles. The van der Waals surface area contributed by atoms with Crippen LogP contribution in [0.1, 0.15) is 18.2 Å². The van der Waals surface area contributed by atoms with Gasteiger partial charge >= 0.3 is 6.03 Å². The van der Waals surface area contributed by atoms with Crippen molar-refractivity contribution in [3.63, 3.8) is 0 Å². The van der Waals surface area contributed by atoms with Crippen molar-refractivity contribution < 1.29 is 14.4 Å². The van der Waals surface area contributed by atoms with Crippen LogP contribution in [0.4, 0.5) is 10.6 Å². The average Bonchev–Trinajstić information content (AvgIpc) is 3.11. The fourth-order valence-corrected chi connectivity index (χ4v) is 3.59. The highest BCUT2D eigenvalue weighted by Gasteiger charge is 2.49. The maximum atomic E-state index is 13.1. The molecular weight excluding hydrogens is 370 g/mol. The SMILES string of the molecule is Cc1cc(NC(=O)CN2C(=O)NC(C)(c3ccc4ccccc4c3)C2=O)n(C)n1. The number of aromatic nitrogens is 2. The lowest BCUT2D eigenvalue weighted by Gasteiger charge is -2.22. The molecule has 0 aliphatic carbocycles. The van der Waals surface area contributed by atoms with Crippen LogP contribution >= 0.6 is 0 Å². The average molecular weight is 391 g/mol. The van der Waals surface area contributed by atoms with Gasteiger partial charge in [-0.05, 0) is 36.2 Å². The van der Waals surface area contributed by atoms with E-state index < -0.39 is 23.4 Å². The van der Waals surface area contributed by atoms with Crippen LogP contribution in [-0.2, 0) is 22.2 Å². The molecule has 1 aliphatic rings. The third-order valence-electron chi connectivity index (χ3n) is 5.17. The number of hydrogen-bond donors (Lipinski definition) is 2. The fourth-order valence-electron chi connectivity index (χ4n) is 3.59. The zero-order valence-electron chi connectivity index (χ0n) is 16.4. The molecule has 1 aromatic heterocycles. The summed E-state index contributed by atoms with van der Waals surface area (Å²) in [6.07, 6.45) is 0. The molecule has 4 amide bonds. The van der Waals surface area contributed by atoms with Gasteiger partial charge in [-0.1, -0.05) is 36.4 Å². The second-order valence-electron chi connectivity index (χ2n) is 7.35. The van der Waals surface area contributed by atoms with Crippen molar-refractivity contribution in [1.29, 1.82) is 0 Å². The van der Waals surface area contributed by atoms with E-state index in [1.165, 1.54) is 4.68 Å². The highest BCUT2D eigenvalue weighted by atomic mass is 16.2. The number of nitrogens with one attached hydrogen (secondary N) is 2. The Labute approximate surface area is 167 Å². The van der Waals surface area contributed by atoms with Gasteiger partial charge in [0.1, 0.15) is 17.9 Å². The summed E-state index contributed by atoms with van der Waals surface area (Å²) in [5.41, 5.74) is 0.186. The van der Waals surface area contributed by atoms with E-state index >= 15 is 0 Å². The smallest absolute Gasteiger partial charge is 0.319 e. The van der Waals surface area contributed by atoms with Crippen LogP contribution in [0.2, 0.25) is 0 Å². The third-order valence-corrected chi connectivity index (χ3v) is 5.17. The maximum absolute atomic E-state index is 13.1. The molecule has 0 bridgehead atoms. The summed E-state index contributed by atoms with van der Waals surface area (Å²) < 4.78 is 1.53. The summed E-state index contributed by atoms with van der Waals surface area (Å²) in [5.74, 6) is -0.440. The molecule has 8 heteroatoms. The summed E-state index contributed by atoms with van der Waals surface area (Å²) in [6, 6.07) is 14.5. The molecule has 2 aromatic carbocycles. The molecule has 0 saturated carbocycles. The molecule has 2 heterocycles. The number of nitrogens with zero attached hydrogens (tertiary/aromatic N) is 3. The monoisotopic (exact) mass is 391 g/mol. The van der Waals surface area contributed by atoms with Gasteiger partial charge in [-0.2, -0.15) is 5.10 Å². The quantitative estimate of drug-likeness (QED) is 0.667. The van der Waals surface area contributed by atoms with E-state index in [0.717, 1.165) is 21.4 Å². The number of carbonyl (C=O) groups excluding carboxylic acids is 3. The number of benzene rings is 2. The molecule has 0 radical (unpaired) electrons. The second kappa shape index (κ2) is 6.73. The van der Waals surface area contributed by atoms with Gasteiger partial charge in [-0.15, -0.1) is 0 Å². The van der Waals surface area contributed by atoms with Crippen molar-refractivity contribution >= 4 is 34.4 Å². The molecular formula is C21H21N5O3. The lowest BCUT2D eigenvalue weighted by molar-refractivity contribution is -0.133. The summed E-state index contributed by atoms with van der Waals surface area (Å²) in [4.78, 5) is 38.9. The number of imide groups is 1. The standard InChI is InChI=1S/C21H21N5O3/c1-13-10-17(25(3)24-13)22-18(27)12-26-19(28)21(2,23-20(26)29)16-9-8-14-6-4-5-7-15(14)11-16/h4-11H,12H2,1-3H3,(H,22,27)(H,23,29). The Bertz CT molecular complexity index is 1150. The van der Waals surface area contributed by atoms with Gasteiger partial charge in [0.2, 0.25) is 5.91 Å². The van der Waals surface area contributed by atoms with Crippen LogP contribution in [-0.4, -0.2) is 39.1 Å². The minimum atomic E-state index is -1.23. The number of aryl methyl sites for hydroxylation is 2. The Balaban J connectivity index is 1.55. The normalized spacial score (nSPS) is 18.9. The van der Waals surface area contributed by atoms with Crippen molar-refractivity contribution in [2.24, 2.45) is 7.05 Å². The molecule has 29 heavy (non-hydrogen) atoms. The second-order valence-corrected chi connectivity index (χ2v) is 7.35. The van der Waals surface area contributed by atoms with Gasteiger partial charge in [0.15, 0.2) is 0 Å². The van der Waals surface area contributed by atoms with Crippen LogP contribution in [0.15, 0.2) is 48.5 Å². The Hall–Kier alpha value is -3.68. The molecule has 3 aromatic rings. The molecule has 1 unspecified atom stereocenters. The first-order valence-electron chi connectivity index (χ1n) is 9.22. The van der Waals surface area contributed by atoms with Crippen LogP contribution in [0.25, 0.3) is 10.8 Å². The van der Waals surface area contributed by atoms with E-state index in [1.54, 1.807) is 20.0 Å². The zero-order chi connectivity index (χ0) is 20.8. The van der Waals surface area contributed by atoms with Crippen molar-refractivity contribution in [1.82, 2.24) is 20.0 Å². The van der Waals surface area contributed by atoms with Crippen molar-refractivity contribution in [2.45, 2.75) is 19.4 Å². The number of amides is 4. The van der Waals surface area contributed by atoms with E-state index in [-0.39, 0.29) is 6.54 Å². The van der Waals surface area contributed by atoms with Crippen molar-refractivity contribution in [3.05, 3.63) is 59.8 Å². The van der Waals surface area contributed by atoms with Gasteiger partial charge in [0, 0.05) is 13.1 Å². The van der Waals surface area contributed by atoms with Crippen LogP contribution in [0.5, 0.6) is 0 Å². The van der Waals surface area contributed by atoms with E-state index in [9.17, 15) is 14.4 Å². The molecule has 1 atom stereocenters. The summed E-state index contributed by atoms with van der Waals surface area (Å²) in [5, 5.41) is 11.6. The maximum Gasteiger partial charge on any atom is 0.325 e. The molecule has 148 valence electrons. The lowest BCUT2D eigenvalue weighted by Crippen LogP contribution is -2.42. The van der Waals surface area contributed by atoms with Gasteiger partial charge in [-0.3, -0.25) is 19.2 Å². The fraction of sp³-hybridized carbons (Fsp3) is 0.238. The number of anilines is 1. The predicted molar refractivity (Wildman–Crippen MR) is 108 cm³/mol. The van der Waals surface area contributed by atoms with E-state index in [0.29, 0.717) is 11.4 Å². The topological polar surface area (TPSA) is 96.3 Å². The molecule has 8 nitrogen and oxygen atoms in total. The highest BCUT2D eigenvalue weighted by Crippen LogP contribution is 2.31. The first-order chi connectivity index (χ1) is 13.8. The molecule has 1 aliphatic heterocycles. The summed E-state index contributed by atoms with van der Waals surface area (Å²) in [7, 11) is 1.70. The van der Waals surface area contributed by atoms with E-state index in [4.69, 9.17) is 0 Å². The number of rotatable bonds is 4. The van der Waals surface area contributed by atoms with E-state index in [2.05, 4.69) is 15.7 Å². The van der Waals surface area contributed by atoms with Gasteiger partial charge in [-0.25, -0.2) is 4.79 Å². The summed E-state index contributed by atoms with van der Waals surface area (Å²) >= 11 is 0. The van der Waals surface area contributed by atoms with Gasteiger partial charge < -0.3 is 10.6 Å². The largest absolute Gasteiger partial charge is 0.325 e. The Morgan fingerprint density at radius 2 is 1.86 bits per heavy atom. The Morgan fingerprint density at radius 1 is 1.14 bits per heavy atom. The molecule has 1 fully saturated rings. The van der Waals surface area contributed by atoms with Crippen LogP contribution in [0.3, 0.4) is 0 Å². The highest BCUT2D eigenvalue weighted by molar-refractivity contribution is 6.10. The molecule has 2 N–H and O–H groups in total. The van der Waals surface area contributed by atoms with Gasteiger partial charge in [0.05, 0.1) is 5.69 Å². The number of carbonyl (C=O) groups is 3. The molecule has 4 rings (SSSR count). The predicted octanol–water partition coefficient (Wildman–Crippen LogP) is 2.29. The number of urea groups is 1.